The van der Waals surface area contributed by atoms with E-state index in [2.05, 4.69) is 45.6 Å². The molecule has 0 spiro atoms. The van der Waals surface area contributed by atoms with Gasteiger partial charge < -0.3 is 0 Å². The number of hydrogen-bond acceptors (Lipinski definition) is 0. The van der Waals surface area contributed by atoms with Crippen LogP contribution in [0.3, 0.4) is 0 Å². The molecule has 0 fully saturated rings. The van der Waals surface area contributed by atoms with E-state index in [0.29, 0.717) is 0 Å². The van der Waals surface area contributed by atoms with E-state index in [1.165, 1.54) is 11.1 Å². The van der Waals surface area contributed by atoms with E-state index in [1.807, 2.05) is 12.2 Å². The van der Waals surface area contributed by atoms with Crippen molar-refractivity contribution < 1.29 is 0 Å². The fourth-order valence-corrected chi connectivity index (χ4v) is 0.963. The summed E-state index contributed by atoms with van der Waals surface area (Å²) in [6.07, 6.45) is 12.6. The summed E-state index contributed by atoms with van der Waals surface area (Å²) < 4.78 is 0. The van der Waals surface area contributed by atoms with E-state index in [0.717, 1.165) is 12.8 Å². The lowest BCUT2D eigenvalue weighted by Gasteiger charge is -1.95. The summed E-state index contributed by atoms with van der Waals surface area (Å²) >= 11 is 0. The molecule has 0 saturated heterocycles. The Hall–Kier alpha value is -1.04. The highest BCUT2D eigenvalue weighted by Crippen LogP contribution is 2.05. The molecule has 0 saturated carbocycles. The highest BCUT2D eigenvalue weighted by molar-refractivity contribution is 5.20. The zero-order chi connectivity index (χ0) is 10.1. The summed E-state index contributed by atoms with van der Waals surface area (Å²) in [5, 5.41) is 0. The first-order valence-electron chi connectivity index (χ1n) is 4.82. The molecule has 0 nitrogen and oxygen atoms in total. The Kier molecular flexibility index (Phi) is 6.99. The first-order chi connectivity index (χ1) is 6.20. The summed E-state index contributed by atoms with van der Waals surface area (Å²) in [5.41, 5.74) is 2.68. The summed E-state index contributed by atoms with van der Waals surface area (Å²) in [5.74, 6) is 0. The van der Waals surface area contributed by atoms with Crippen LogP contribution in [0.1, 0.15) is 33.6 Å². The Morgan fingerprint density at radius 1 is 1.31 bits per heavy atom. The quantitative estimate of drug-likeness (QED) is 0.544. The zero-order valence-electron chi connectivity index (χ0n) is 9.01. The first-order valence-corrected chi connectivity index (χ1v) is 4.82. The minimum Gasteiger partial charge on any atom is -0.0991 e. The lowest BCUT2D eigenvalue weighted by molar-refractivity contribution is 1.18. The van der Waals surface area contributed by atoms with Crippen LogP contribution in [0.25, 0.3) is 0 Å². The standard InChI is InChI=1S/C13H20/c1-5-7-9-13(4)11-10-12(3)8-6-2/h6-9,11H,2,5,10H2,1,3-4H3/b9-7-,12-8+,13-11+. The molecule has 0 unspecified atom stereocenters. The van der Waals surface area contributed by atoms with Crippen LogP contribution >= 0.6 is 0 Å². The molecule has 0 aromatic heterocycles. The van der Waals surface area contributed by atoms with Crippen molar-refractivity contribution in [1.82, 2.24) is 0 Å². The summed E-state index contributed by atoms with van der Waals surface area (Å²) in [6.45, 7) is 10.1. The van der Waals surface area contributed by atoms with Crippen molar-refractivity contribution in [3.05, 3.63) is 48.1 Å². The van der Waals surface area contributed by atoms with Crippen LogP contribution in [0, 0.1) is 0 Å². The molecule has 13 heavy (non-hydrogen) atoms. The third kappa shape index (κ3) is 7.32. The molecule has 0 heteroatoms. The van der Waals surface area contributed by atoms with Crippen molar-refractivity contribution in [3.8, 4) is 0 Å². The van der Waals surface area contributed by atoms with Crippen LogP contribution in [-0.4, -0.2) is 0 Å². The molecule has 0 aliphatic heterocycles. The van der Waals surface area contributed by atoms with Crippen LogP contribution in [0.15, 0.2) is 48.1 Å². The molecule has 0 heterocycles. The van der Waals surface area contributed by atoms with Gasteiger partial charge in [0.15, 0.2) is 0 Å². The van der Waals surface area contributed by atoms with Gasteiger partial charge in [0, 0.05) is 0 Å². The summed E-state index contributed by atoms with van der Waals surface area (Å²) in [7, 11) is 0. The second kappa shape index (κ2) is 7.60. The predicted molar refractivity (Wildman–Crippen MR) is 61.8 cm³/mol. The van der Waals surface area contributed by atoms with E-state index in [-0.39, 0.29) is 0 Å². The van der Waals surface area contributed by atoms with Crippen molar-refractivity contribution in [3.63, 3.8) is 0 Å². The van der Waals surface area contributed by atoms with Crippen LogP contribution < -0.4 is 0 Å². The van der Waals surface area contributed by atoms with Crippen LogP contribution in [0.5, 0.6) is 0 Å². The van der Waals surface area contributed by atoms with Crippen molar-refractivity contribution in [1.29, 1.82) is 0 Å². The van der Waals surface area contributed by atoms with Gasteiger partial charge in [-0.05, 0) is 26.7 Å². The van der Waals surface area contributed by atoms with E-state index < -0.39 is 0 Å². The van der Waals surface area contributed by atoms with Gasteiger partial charge in [0.25, 0.3) is 0 Å². The van der Waals surface area contributed by atoms with E-state index >= 15 is 0 Å². The molecule has 72 valence electrons. The largest absolute Gasteiger partial charge is 0.0991 e. The molecular weight excluding hydrogens is 156 g/mol. The normalized spacial score (nSPS) is 13.8. The van der Waals surface area contributed by atoms with Gasteiger partial charge in [0.05, 0.1) is 0 Å². The maximum atomic E-state index is 3.67. The van der Waals surface area contributed by atoms with Gasteiger partial charge in [0.2, 0.25) is 0 Å². The van der Waals surface area contributed by atoms with E-state index in [1.54, 1.807) is 0 Å². The average molecular weight is 176 g/mol. The van der Waals surface area contributed by atoms with Gasteiger partial charge in [-0.15, -0.1) is 0 Å². The molecule has 0 atom stereocenters. The monoisotopic (exact) mass is 176 g/mol. The van der Waals surface area contributed by atoms with E-state index in [9.17, 15) is 0 Å². The number of allylic oxidation sites excluding steroid dienone is 7. The van der Waals surface area contributed by atoms with Gasteiger partial charge >= 0.3 is 0 Å². The Balaban J connectivity index is 4.03. The highest BCUT2D eigenvalue weighted by atomic mass is 13.9. The molecule has 0 aromatic rings. The molecule has 0 aliphatic rings. The Labute approximate surface area is 82.4 Å². The summed E-state index contributed by atoms with van der Waals surface area (Å²) in [6, 6.07) is 0. The zero-order valence-corrected chi connectivity index (χ0v) is 9.01. The SMILES string of the molecule is C=C/C=C(\C)C/C=C(C)/C=C\CC. The molecule has 0 bridgehead atoms. The Morgan fingerprint density at radius 2 is 2.00 bits per heavy atom. The highest BCUT2D eigenvalue weighted by Gasteiger charge is 1.85. The van der Waals surface area contributed by atoms with Crippen molar-refractivity contribution >= 4 is 0 Å². The van der Waals surface area contributed by atoms with Gasteiger partial charge in [-0.1, -0.05) is 55.0 Å². The van der Waals surface area contributed by atoms with Crippen LogP contribution in [-0.2, 0) is 0 Å². The molecular formula is C13H20. The lowest BCUT2D eigenvalue weighted by atomic mass is 10.1. The topological polar surface area (TPSA) is 0 Å². The Morgan fingerprint density at radius 3 is 2.54 bits per heavy atom. The number of rotatable bonds is 5. The maximum Gasteiger partial charge on any atom is -0.0133 e. The minimum absolute atomic E-state index is 1.02. The molecule has 0 rings (SSSR count). The minimum atomic E-state index is 1.02. The molecule has 0 N–H and O–H groups in total. The molecule has 0 aliphatic carbocycles. The maximum absolute atomic E-state index is 3.67. The Bertz CT molecular complexity index is 226. The van der Waals surface area contributed by atoms with Crippen LogP contribution in [0.2, 0.25) is 0 Å². The van der Waals surface area contributed by atoms with Crippen molar-refractivity contribution in [2.45, 2.75) is 33.6 Å². The van der Waals surface area contributed by atoms with Crippen molar-refractivity contribution in [2.75, 3.05) is 0 Å². The second-order valence-corrected chi connectivity index (χ2v) is 3.21. The van der Waals surface area contributed by atoms with E-state index in [4.69, 9.17) is 0 Å². The fourth-order valence-electron chi connectivity index (χ4n) is 0.963. The fraction of sp³-hybridized carbons (Fsp3) is 0.385. The predicted octanol–water partition coefficient (Wildman–Crippen LogP) is 4.42. The van der Waals surface area contributed by atoms with Crippen molar-refractivity contribution in [2.24, 2.45) is 0 Å². The van der Waals surface area contributed by atoms with Gasteiger partial charge in [0.1, 0.15) is 0 Å². The third-order valence-corrected chi connectivity index (χ3v) is 1.76. The third-order valence-electron chi connectivity index (χ3n) is 1.76. The first kappa shape index (κ1) is 12.0. The molecule has 0 amide bonds. The smallest absolute Gasteiger partial charge is 0.0133 e. The average Bonchev–Trinajstić information content (AvgIpc) is 2.12. The second-order valence-electron chi connectivity index (χ2n) is 3.21. The van der Waals surface area contributed by atoms with Gasteiger partial charge in [-0.2, -0.15) is 0 Å². The molecule has 0 aromatic carbocycles. The van der Waals surface area contributed by atoms with Gasteiger partial charge in [-0.3, -0.25) is 0 Å². The van der Waals surface area contributed by atoms with Crippen LogP contribution in [0.4, 0.5) is 0 Å². The van der Waals surface area contributed by atoms with Gasteiger partial charge in [-0.25, -0.2) is 0 Å². The molecule has 0 radical (unpaired) electrons. The number of hydrogen-bond donors (Lipinski definition) is 0. The summed E-state index contributed by atoms with van der Waals surface area (Å²) in [4.78, 5) is 0. The lowest BCUT2D eigenvalue weighted by Crippen LogP contribution is -1.74.